The van der Waals surface area contributed by atoms with E-state index >= 15 is 0 Å². The van der Waals surface area contributed by atoms with Crippen molar-refractivity contribution in [2.75, 3.05) is 11.8 Å². The summed E-state index contributed by atoms with van der Waals surface area (Å²) in [5, 5.41) is 2.88. The SMILES string of the molecule is CNCc1cc(S(=O)(=O)Nc2ccccn2)c(Br)o1. The van der Waals surface area contributed by atoms with Crippen molar-refractivity contribution in [1.82, 2.24) is 10.3 Å². The van der Waals surface area contributed by atoms with E-state index in [1.165, 1.54) is 12.3 Å². The Labute approximate surface area is 119 Å². The number of nitrogens with zero attached hydrogens (tertiary/aromatic N) is 1. The van der Waals surface area contributed by atoms with Gasteiger partial charge < -0.3 is 9.73 Å². The van der Waals surface area contributed by atoms with Gasteiger partial charge in [0.2, 0.25) is 0 Å². The normalized spacial score (nSPS) is 11.5. The second-order valence-corrected chi connectivity index (χ2v) is 6.07. The third kappa shape index (κ3) is 3.34. The van der Waals surface area contributed by atoms with Crippen LogP contribution in [0.15, 0.2) is 44.4 Å². The molecule has 6 nitrogen and oxygen atoms in total. The van der Waals surface area contributed by atoms with Gasteiger partial charge in [0, 0.05) is 12.3 Å². The number of aromatic nitrogens is 1. The lowest BCUT2D eigenvalue weighted by Crippen LogP contribution is -2.13. The van der Waals surface area contributed by atoms with Crippen LogP contribution in [0.2, 0.25) is 0 Å². The zero-order chi connectivity index (χ0) is 13.9. The number of anilines is 1. The first-order valence-corrected chi connectivity index (χ1v) is 7.67. The number of sulfonamides is 1. The van der Waals surface area contributed by atoms with E-state index in [2.05, 4.69) is 31.0 Å². The number of pyridine rings is 1. The molecule has 0 aliphatic rings. The lowest BCUT2D eigenvalue weighted by atomic mass is 10.4. The average Bonchev–Trinajstić information content (AvgIpc) is 2.72. The first-order chi connectivity index (χ1) is 9.03. The molecule has 102 valence electrons. The van der Waals surface area contributed by atoms with Crippen LogP contribution in [-0.4, -0.2) is 20.4 Å². The number of halogens is 1. The molecule has 0 saturated carbocycles. The van der Waals surface area contributed by atoms with Crippen LogP contribution in [0.5, 0.6) is 0 Å². The van der Waals surface area contributed by atoms with Gasteiger partial charge in [-0.3, -0.25) is 4.72 Å². The molecule has 0 fully saturated rings. The summed E-state index contributed by atoms with van der Waals surface area (Å²) in [6.45, 7) is 0.442. The van der Waals surface area contributed by atoms with Crippen molar-refractivity contribution in [1.29, 1.82) is 0 Å². The molecule has 19 heavy (non-hydrogen) atoms. The van der Waals surface area contributed by atoms with Crippen LogP contribution in [0.3, 0.4) is 0 Å². The van der Waals surface area contributed by atoms with Crippen molar-refractivity contribution in [2.45, 2.75) is 11.4 Å². The van der Waals surface area contributed by atoms with Gasteiger partial charge in [-0.1, -0.05) is 6.07 Å². The maximum atomic E-state index is 12.2. The maximum absolute atomic E-state index is 12.2. The van der Waals surface area contributed by atoms with Gasteiger partial charge >= 0.3 is 0 Å². The molecule has 2 aromatic heterocycles. The molecule has 0 aliphatic carbocycles. The highest BCUT2D eigenvalue weighted by Gasteiger charge is 2.22. The molecule has 2 aromatic rings. The van der Waals surface area contributed by atoms with Crippen LogP contribution >= 0.6 is 15.9 Å². The van der Waals surface area contributed by atoms with E-state index in [1.807, 2.05) is 0 Å². The van der Waals surface area contributed by atoms with Gasteiger partial charge in [0.25, 0.3) is 10.0 Å². The third-order valence-electron chi connectivity index (χ3n) is 2.25. The molecule has 0 aromatic carbocycles. The van der Waals surface area contributed by atoms with Crippen LogP contribution in [0.1, 0.15) is 5.76 Å². The summed E-state index contributed by atoms with van der Waals surface area (Å²) in [6.07, 6.45) is 1.51. The molecule has 0 radical (unpaired) electrons. The van der Waals surface area contributed by atoms with E-state index < -0.39 is 10.0 Å². The molecule has 0 saturated heterocycles. The van der Waals surface area contributed by atoms with Gasteiger partial charge in [0.1, 0.15) is 16.5 Å². The van der Waals surface area contributed by atoms with Crippen molar-refractivity contribution in [2.24, 2.45) is 0 Å². The van der Waals surface area contributed by atoms with Gasteiger partial charge in [-0.15, -0.1) is 0 Å². The van der Waals surface area contributed by atoms with E-state index in [0.717, 1.165) is 0 Å². The lowest BCUT2D eigenvalue weighted by molar-refractivity contribution is 0.470. The second kappa shape index (κ2) is 5.72. The van der Waals surface area contributed by atoms with Gasteiger partial charge in [-0.25, -0.2) is 13.4 Å². The summed E-state index contributed by atoms with van der Waals surface area (Å²) in [5.41, 5.74) is 0. The monoisotopic (exact) mass is 345 g/mol. The van der Waals surface area contributed by atoms with E-state index in [0.29, 0.717) is 12.3 Å². The Hall–Kier alpha value is -1.38. The highest BCUT2D eigenvalue weighted by atomic mass is 79.9. The number of hydrogen-bond donors (Lipinski definition) is 2. The predicted octanol–water partition coefficient (Wildman–Crippen LogP) is 1.96. The number of nitrogens with one attached hydrogen (secondary N) is 2. The molecular weight excluding hydrogens is 334 g/mol. The summed E-state index contributed by atoms with van der Waals surface area (Å²) >= 11 is 3.10. The molecule has 0 unspecified atom stereocenters. The summed E-state index contributed by atoms with van der Waals surface area (Å²) in [7, 11) is -1.98. The van der Waals surface area contributed by atoms with Crippen LogP contribution < -0.4 is 10.0 Å². The highest BCUT2D eigenvalue weighted by Crippen LogP contribution is 2.27. The quantitative estimate of drug-likeness (QED) is 0.865. The Bertz CT molecular complexity index is 655. The summed E-state index contributed by atoms with van der Waals surface area (Å²) in [6, 6.07) is 6.43. The zero-order valence-corrected chi connectivity index (χ0v) is 12.5. The number of hydrogen-bond acceptors (Lipinski definition) is 5. The van der Waals surface area contributed by atoms with Gasteiger partial charge in [0.05, 0.1) is 6.54 Å². The standard InChI is InChI=1S/C11H12BrN3O3S/c1-13-7-8-6-9(11(12)18-8)19(16,17)15-10-4-2-3-5-14-10/h2-6,13H,7H2,1H3,(H,14,15). The zero-order valence-electron chi connectivity index (χ0n) is 10.1. The van der Waals surface area contributed by atoms with Crippen molar-refractivity contribution in [3.8, 4) is 0 Å². The van der Waals surface area contributed by atoms with Gasteiger partial charge in [-0.2, -0.15) is 0 Å². The molecule has 2 N–H and O–H groups in total. The van der Waals surface area contributed by atoms with Gasteiger partial charge in [-0.05, 0) is 35.1 Å². The molecule has 0 bridgehead atoms. The summed E-state index contributed by atoms with van der Waals surface area (Å²) in [5.74, 6) is 0.779. The Balaban J connectivity index is 2.29. The molecule has 8 heteroatoms. The molecule has 0 spiro atoms. The van der Waals surface area contributed by atoms with Crippen LogP contribution in [-0.2, 0) is 16.6 Å². The Kier molecular flexibility index (Phi) is 4.23. The maximum Gasteiger partial charge on any atom is 0.267 e. The fraction of sp³-hybridized carbons (Fsp3) is 0.182. The first kappa shape index (κ1) is 14.0. The van der Waals surface area contributed by atoms with E-state index in [4.69, 9.17) is 4.42 Å². The third-order valence-corrected chi connectivity index (χ3v) is 4.46. The lowest BCUT2D eigenvalue weighted by Gasteiger charge is -2.04. The Morgan fingerprint density at radius 3 is 2.84 bits per heavy atom. The average molecular weight is 346 g/mol. The van der Waals surface area contributed by atoms with Crippen molar-refractivity contribution in [3.63, 3.8) is 0 Å². The molecule has 2 rings (SSSR count). The molecule has 0 amide bonds. The summed E-state index contributed by atoms with van der Waals surface area (Å²) in [4.78, 5) is 3.96. The minimum atomic E-state index is -3.72. The Morgan fingerprint density at radius 2 is 2.21 bits per heavy atom. The molecule has 0 aliphatic heterocycles. The van der Waals surface area contributed by atoms with Crippen molar-refractivity contribution in [3.05, 3.63) is 40.9 Å². The molecule has 2 heterocycles. The van der Waals surface area contributed by atoms with E-state index in [1.54, 1.807) is 25.2 Å². The first-order valence-electron chi connectivity index (χ1n) is 5.39. The minimum absolute atomic E-state index is 0.0448. The molecular formula is C11H12BrN3O3S. The minimum Gasteiger partial charge on any atom is -0.451 e. The fourth-order valence-corrected chi connectivity index (χ4v) is 3.47. The van der Waals surface area contributed by atoms with Crippen molar-refractivity contribution < 1.29 is 12.8 Å². The van der Waals surface area contributed by atoms with Crippen LogP contribution in [0.25, 0.3) is 0 Å². The summed E-state index contributed by atoms with van der Waals surface area (Å²) < 4.78 is 32.2. The van der Waals surface area contributed by atoms with E-state index in [9.17, 15) is 8.42 Å². The molecule has 0 atom stereocenters. The van der Waals surface area contributed by atoms with Gasteiger partial charge in [0.15, 0.2) is 4.67 Å². The number of furan rings is 1. The second-order valence-electron chi connectivity index (χ2n) is 3.70. The topological polar surface area (TPSA) is 84.2 Å². The largest absolute Gasteiger partial charge is 0.451 e. The Morgan fingerprint density at radius 1 is 1.42 bits per heavy atom. The highest BCUT2D eigenvalue weighted by molar-refractivity contribution is 9.10. The van der Waals surface area contributed by atoms with Crippen LogP contribution in [0.4, 0.5) is 5.82 Å². The van der Waals surface area contributed by atoms with Crippen molar-refractivity contribution >= 4 is 31.8 Å². The van der Waals surface area contributed by atoms with E-state index in [-0.39, 0.29) is 15.4 Å². The number of rotatable bonds is 5. The van der Waals surface area contributed by atoms with Crippen LogP contribution in [0, 0.1) is 0 Å². The fourth-order valence-electron chi connectivity index (χ4n) is 1.46. The smallest absolute Gasteiger partial charge is 0.267 e. The predicted molar refractivity (Wildman–Crippen MR) is 74.2 cm³/mol.